The fraction of sp³-hybridized carbons (Fsp3) is 0.517. The molecule has 6 rings (SSSR count). The van der Waals surface area contributed by atoms with Crippen LogP contribution >= 0.6 is 0 Å². The van der Waals surface area contributed by atoms with Crippen molar-refractivity contribution in [2.75, 3.05) is 36.9 Å². The van der Waals surface area contributed by atoms with E-state index in [4.69, 9.17) is 4.99 Å². The van der Waals surface area contributed by atoms with Gasteiger partial charge in [0.1, 0.15) is 5.82 Å². The van der Waals surface area contributed by atoms with Crippen LogP contribution in [0.5, 0.6) is 0 Å². The molecule has 2 aromatic heterocycles. The van der Waals surface area contributed by atoms with Crippen molar-refractivity contribution < 1.29 is 4.79 Å². The van der Waals surface area contributed by atoms with E-state index in [1.165, 1.54) is 0 Å². The molecule has 3 aliphatic rings. The van der Waals surface area contributed by atoms with E-state index in [9.17, 15) is 4.79 Å². The first-order valence-electron chi connectivity index (χ1n) is 14.5. The van der Waals surface area contributed by atoms with Crippen LogP contribution in [0.3, 0.4) is 0 Å². The Morgan fingerprint density at radius 3 is 2.63 bits per heavy atom. The number of hydrogen-bond acceptors (Lipinski definition) is 9. The quantitative estimate of drug-likeness (QED) is 0.488. The second kappa shape index (κ2) is 10.4. The van der Waals surface area contributed by atoms with E-state index in [0.29, 0.717) is 29.3 Å². The van der Waals surface area contributed by atoms with Crippen LogP contribution < -0.4 is 10.2 Å². The molecule has 12 heteroatoms. The number of allylic oxidation sites excluding steroid dienone is 2. The highest BCUT2D eigenvalue weighted by Crippen LogP contribution is 2.36. The summed E-state index contributed by atoms with van der Waals surface area (Å²) in [5.74, 6) is 1.74. The van der Waals surface area contributed by atoms with Crippen molar-refractivity contribution >= 4 is 34.7 Å². The van der Waals surface area contributed by atoms with Crippen LogP contribution in [0, 0.1) is 5.92 Å². The molecule has 3 aromatic rings. The van der Waals surface area contributed by atoms with Gasteiger partial charge in [-0.05, 0) is 68.9 Å². The van der Waals surface area contributed by atoms with Crippen LogP contribution in [-0.2, 0) is 4.79 Å². The fourth-order valence-electron chi connectivity index (χ4n) is 6.67. The molecule has 12 nitrogen and oxygen atoms in total. The highest BCUT2D eigenvalue weighted by molar-refractivity contribution is 6.06. The molecule has 0 saturated carbocycles. The standard InChI is InChI=1S/C29H39N11O/c1-8-39-17(3)14-38(15-18(39)4)25-12-22(16(2)13-30-25)27-23-11-21(9-10-24(23)32-33-27)31-28(41)26-19(5)37(7)29-34-35-36-40(29)20(26)6/h9-13,16-18,20,22H,8,14-15H2,1-7H3,(H,31,41)(H,32,33)/t16?,17-,18+,20?,22?. The molecule has 1 fully saturated rings. The number of nitrogens with one attached hydrogen (secondary N) is 2. The predicted octanol–water partition coefficient (Wildman–Crippen LogP) is 3.53. The summed E-state index contributed by atoms with van der Waals surface area (Å²) >= 11 is 0. The van der Waals surface area contributed by atoms with Gasteiger partial charge in [-0.15, -0.1) is 0 Å². The summed E-state index contributed by atoms with van der Waals surface area (Å²) < 4.78 is 1.67. The van der Waals surface area contributed by atoms with Gasteiger partial charge in [0.05, 0.1) is 22.8 Å². The van der Waals surface area contributed by atoms with Crippen LogP contribution in [-0.4, -0.2) is 91.1 Å². The predicted molar refractivity (Wildman–Crippen MR) is 160 cm³/mol. The van der Waals surface area contributed by atoms with Gasteiger partial charge in [0, 0.05) is 67.0 Å². The number of anilines is 2. The number of amides is 1. The number of benzene rings is 1. The van der Waals surface area contributed by atoms with Crippen LogP contribution in [0.25, 0.3) is 10.9 Å². The number of likely N-dealkylation sites (N-methyl/N-ethyl adjacent to an activating group) is 1. The van der Waals surface area contributed by atoms with Crippen molar-refractivity contribution in [2.45, 2.75) is 65.6 Å². The summed E-state index contributed by atoms with van der Waals surface area (Å²) in [6.45, 7) is 15.8. The number of carbonyl (C=O) groups excluding carboxylic acids is 1. The van der Waals surface area contributed by atoms with Gasteiger partial charge in [0.2, 0.25) is 5.95 Å². The number of H-pyrrole nitrogens is 1. The number of hydrogen-bond donors (Lipinski definition) is 2. The molecule has 0 spiro atoms. The fourth-order valence-corrected chi connectivity index (χ4v) is 6.67. The van der Waals surface area contributed by atoms with E-state index in [1.807, 2.05) is 44.0 Å². The third-order valence-electron chi connectivity index (χ3n) is 9.00. The maximum Gasteiger partial charge on any atom is 0.255 e. The molecule has 0 aliphatic carbocycles. The number of carbonyl (C=O) groups is 1. The monoisotopic (exact) mass is 557 g/mol. The summed E-state index contributed by atoms with van der Waals surface area (Å²) in [5.41, 5.74) is 4.04. The lowest BCUT2D eigenvalue weighted by Crippen LogP contribution is -2.56. The van der Waals surface area contributed by atoms with E-state index < -0.39 is 0 Å². The van der Waals surface area contributed by atoms with E-state index >= 15 is 0 Å². The molecule has 1 amide bonds. The Hall–Kier alpha value is -4.06. The number of nitrogens with zero attached hydrogens (tertiary/aromatic N) is 9. The van der Waals surface area contributed by atoms with Crippen LogP contribution in [0.15, 0.2) is 46.4 Å². The molecule has 1 aromatic carbocycles. The van der Waals surface area contributed by atoms with Crippen molar-refractivity contribution in [3.63, 3.8) is 0 Å². The first kappa shape index (κ1) is 27.1. The zero-order chi connectivity index (χ0) is 29.0. The lowest BCUT2D eigenvalue weighted by Gasteiger charge is -2.45. The summed E-state index contributed by atoms with van der Waals surface area (Å²) in [5, 5.41) is 24.0. The highest BCUT2D eigenvalue weighted by atomic mass is 16.1. The smallest absolute Gasteiger partial charge is 0.255 e. The number of aromatic amines is 1. The summed E-state index contributed by atoms with van der Waals surface area (Å²) in [6.07, 6.45) is 4.34. The van der Waals surface area contributed by atoms with Gasteiger partial charge in [-0.2, -0.15) is 5.10 Å². The molecule has 3 unspecified atom stereocenters. The van der Waals surface area contributed by atoms with Crippen molar-refractivity contribution in [1.82, 2.24) is 40.2 Å². The van der Waals surface area contributed by atoms with Gasteiger partial charge in [0.25, 0.3) is 5.91 Å². The second-order valence-corrected chi connectivity index (χ2v) is 11.6. The molecule has 0 radical (unpaired) electrons. The van der Waals surface area contributed by atoms with E-state index in [2.05, 4.69) is 80.8 Å². The Balaban J connectivity index is 1.27. The molecular formula is C29H39N11O. The van der Waals surface area contributed by atoms with E-state index in [-0.39, 0.29) is 23.8 Å². The molecular weight excluding hydrogens is 518 g/mol. The minimum Gasteiger partial charge on any atom is -0.354 e. The maximum absolute atomic E-state index is 13.6. The Bertz CT molecular complexity index is 1550. The van der Waals surface area contributed by atoms with Crippen molar-refractivity contribution in [3.8, 4) is 0 Å². The Morgan fingerprint density at radius 1 is 1.15 bits per heavy atom. The van der Waals surface area contributed by atoms with Crippen molar-refractivity contribution in [3.05, 3.63) is 47.1 Å². The number of fused-ring (bicyclic) bond motifs is 2. The lowest BCUT2D eigenvalue weighted by molar-refractivity contribution is -0.113. The first-order valence-corrected chi connectivity index (χ1v) is 14.5. The van der Waals surface area contributed by atoms with Crippen LogP contribution in [0.1, 0.15) is 59.2 Å². The third kappa shape index (κ3) is 4.59. The maximum atomic E-state index is 13.6. The van der Waals surface area contributed by atoms with Gasteiger partial charge >= 0.3 is 0 Å². The zero-order valence-electron chi connectivity index (χ0n) is 24.8. The average Bonchev–Trinajstić information content (AvgIpc) is 3.60. The topological polar surface area (TPSA) is 123 Å². The van der Waals surface area contributed by atoms with Gasteiger partial charge in [0.15, 0.2) is 0 Å². The summed E-state index contributed by atoms with van der Waals surface area (Å²) in [6, 6.07) is 6.49. The lowest BCUT2D eigenvalue weighted by atomic mass is 9.88. The minimum absolute atomic E-state index is 0.0865. The normalized spacial score (nSPS) is 26.9. The molecule has 0 bridgehead atoms. The zero-order valence-corrected chi connectivity index (χ0v) is 24.8. The molecule has 41 heavy (non-hydrogen) atoms. The number of piperazine rings is 1. The largest absolute Gasteiger partial charge is 0.354 e. The summed E-state index contributed by atoms with van der Waals surface area (Å²) in [4.78, 5) is 25.2. The van der Waals surface area contributed by atoms with Crippen LogP contribution in [0.2, 0.25) is 0 Å². The number of aliphatic imine (C=N–C) groups is 1. The molecule has 3 aliphatic heterocycles. The minimum atomic E-state index is -0.292. The number of rotatable bonds is 5. The molecule has 5 heterocycles. The van der Waals surface area contributed by atoms with Gasteiger partial charge in [-0.25, -0.2) is 9.67 Å². The first-order chi connectivity index (χ1) is 19.7. The SMILES string of the molecule is CCN1[C@H](C)CN(C2=CC(c3[nH]nc4ccc(NC(=O)C5=C(C)N(C)c6nnnn6C5C)cc34)C(C)C=N2)C[C@@H]1C. The molecule has 1 saturated heterocycles. The van der Waals surface area contributed by atoms with Crippen molar-refractivity contribution in [1.29, 1.82) is 0 Å². The van der Waals surface area contributed by atoms with Gasteiger partial charge < -0.3 is 15.1 Å². The van der Waals surface area contributed by atoms with E-state index in [0.717, 1.165) is 47.7 Å². The Labute approximate surface area is 240 Å². The van der Waals surface area contributed by atoms with Crippen molar-refractivity contribution in [2.24, 2.45) is 10.9 Å². The Kier molecular flexibility index (Phi) is 6.88. The average molecular weight is 558 g/mol. The Morgan fingerprint density at radius 2 is 1.90 bits per heavy atom. The van der Waals surface area contributed by atoms with Crippen LogP contribution in [0.4, 0.5) is 11.6 Å². The molecule has 216 valence electrons. The number of tetrazole rings is 1. The van der Waals surface area contributed by atoms with E-state index in [1.54, 1.807) is 4.68 Å². The number of aromatic nitrogens is 6. The highest BCUT2D eigenvalue weighted by Gasteiger charge is 2.34. The van der Waals surface area contributed by atoms with Gasteiger partial charge in [-0.3, -0.25) is 14.8 Å². The molecule has 5 atom stereocenters. The second-order valence-electron chi connectivity index (χ2n) is 11.6. The molecule has 2 N–H and O–H groups in total. The third-order valence-corrected chi connectivity index (χ3v) is 9.00. The summed E-state index contributed by atoms with van der Waals surface area (Å²) in [7, 11) is 1.86. The van der Waals surface area contributed by atoms with Gasteiger partial charge in [-0.1, -0.05) is 18.9 Å².